The summed E-state index contributed by atoms with van der Waals surface area (Å²) in [6, 6.07) is 7.76. The van der Waals surface area contributed by atoms with Gasteiger partial charge in [0, 0.05) is 11.1 Å². The molecule has 0 saturated carbocycles. The van der Waals surface area contributed by atoms with Crippen molar-refractivity contribution in [2.75, 3.05) is 13.1 Å². The summed E-state index contributed by atoms with van der Waals surface area (Å²) in [5, 5.41) is 25.4. The summed E-state index contributed by atoms with van der Waals surface area (Å²) < 4.78 is 68.3. The monoisotopic (exact) mass is 585 g/mol. The molecule has 0 bridgehead atoms. The van der Waals surface area contributed by atoms with Crippen LogP contribution in [0.4, 0.5) is 22.0 Å². The van der Waals surface area contributed by atoms with Gasteiger partial charge in [-0.3, -0.25) is 14.4 Å². The van der Waals surface area contributed by atoms with Crippen LogP contribution in [0.15, 0.2) is 42.5 Å². The number of aliphatic hydroxyl groups excluding tert-OH is 1. The van der Waals surface area contributed by atoms with Gasteiger partial charge in [-0.25, -0.2) is 8.78 Å². The van der Waals surface area contributed by atoms with E-state index in [4.69, 9.17) is 0 Å². The van der Waals surface area contributed by atoms with Crippen molar-refractivity contribution in [3.05, 3.63) is 64.7 Å². The smallest absolute Gasteiger partial charge is 0.405 e. The summed E-state index contributed by atoms with van der Waals surface area (Å²) in [6.45, 7) is 1.87. The number of carbonyl (C=O) groups is 3. The van der Waals surface area contributed by atoms with Crippen LogP contribution in [0, 0.1) is 19.3 Å². The topological polar surface area (TPSA) is 119 Å². The minimum atomic E-state index is -4.83. The number of carbonyl (C=O) groups excluding carboxylic acids is 3. The molecule has 4 N–H and O–H groups in total. The number of phenols is 1. The average Bonchev–Trinajstić information content (AvgIpc) is 3.07. The second-order valence-electron chi connectivity index (χ2n) is 10.8. The fourth-order valence-electron chi connectivity index (χ4n) is 4.83. The Labute approximate surface area is 233 Å². The Balaban J connectivity index is 1.96. The van der Waals surface area contributed by atoms with E-state index < -0.39 is 66.5 Å². The fraction of sp³-hybridized carbons (Fsp3) is 0.464. The van der Waals surface area contributed by atoms with Gasteiger partial charge >= 0.3 is 6.18 Å². The first-order valence-corrected chi connectivity index (χ1v) is 12.7. The number of aryl methyl sites for hydroxylation is 1. The summed E-state index contributed by atoms with van der Waals surface area (Å²) in [4.78, 5) is 39.8. The van der Waals surface area contributed by atoms with Gasteiger partial charge in [-0.15, -0.1) is 0 Å². The number of rotatable bonds is 8. The molecule has 1 aliphatic rings. The molecule has 2 aromatic carbocycles. The summed E-state index contributed by atoms with van der Waals surface area (Å²) >= 11 is 0. The Morgan fingerprint density at radius 3 is 2.29 bits per heavy atom. The van der Waals surface area contributed by atoms with Crippen molar-refractivity contribution in [1.29, 1.82) is 0 Å². The molecule has 8 nitrogen and oxygen atoms in total. The van der Waals surface area contributed by atoms with Crippen LogP contribution >= 0.6 is 0 Å². The number of likely N-dealkylation sites (tertiary alicyclic amines) is 1. The van der Waals surface area contributed by atoms with Crippen molar-refractivity contribution in [1.82, 2.24) is 15.5 Å². The summed E-state index contributed by atoms with van der Waals surface area (Å²) in [6.07, 6.45) is -7.14. The molecule has 1 heterocycles. The van der Waals surface area contributed by atoms with Gasteiger partial charge in [0.1, 0.15) is 18.3 Å². The molecule has 1 aliphatic heterocycles. The molecule has 0 radical (unpaired) electrons. The Morgan fingerprint density at radius 1 is 1.10 bits per heavy atom. The van der Waals surface area contributed by atoms with Gasteiger partial charge in [-0.2, -0.15) is 13.2 Å². The molecule has 1 saturated heterocycles. The summed E-state index contributed by atoms with van der Waals surface area (Å²) in [5.41, 5.74) is -0.927. The molecule has 3 atom stereocenters. The second kappa shape index (κ2) is 11.6. The average molecular weight is 586 g/mol. The van der Waals surface area contributed by atoms with E-state index in [9.17, 15) is 37.8 Å². The lowest BCUT2D eigenvalue weighted by Crippen LogP contribution is -2.58. The predicted molar refractivity (Wildman–Crippen MR) is 138 cm³/mol. The maximum absolute atomic E-state index is 15.0. The molecule has 13 heteroatoms. The number of phenolic OH excluding ortho intramolecular Hbond substituents is 1. The van der Waals surface area contributed by atoms with Crippen molar-refractivity contribution in [2.24, 2.45) is 5.41 Å². The van der Waals surface area contributed by atoms with E-state index in [1.54, 1.807) is 42.6 Å². The maximum Gasteiger partial charge on any atom is 0.405 e. The zero-order valence-corrected chi connectivity index (χ0v) is 22.9. The van der Waals surface area contributed by atoms with Gasteiger partial charge < -0.3 is 25.7 Å². The third-order valence-corrected chi connectivity index (χ3v) is 7.32. The predicted octanol–water partition coefficient (Wildman–Crippen LogP) is 3.26. The SMILES string of the molecule is Cc1cc(O)c(C)c(C(=O)NC(Cc2ccccc2)[C@H](O)C(=O)N2CC(F)(F)C(C)(C)C2C(=O)NCC(F)(F)F)c1. The molecule has 3 amide bonds. The molecule has 0 aromatic heterocycles. The first-order chi connectivity index (χ1) is 18.9. The minimum Gasteiger partial charge on any atom is -0.508 e. The lowest BCUT2D eigenvalue weighted by molar-refractivity contribution is -0.151. The Kier molecular flexibility index (Phi) is 9.02. The summed E-state index contributed by atoms with van der Waals surface area (Å²) in [7, 11) is 0. The number of hydrogen-bond acceptors (Lipinski definition) is 5. The van der Waals surface area contributed by atoms with Crippen LogP contribution in [0.25, 0.3) is 0 Å². The number of nitrogens with zero attached hydrogens (tertiary/aromatic N) is 1. The number of alkyl halides is 5. The number of benzene rings is 2. The highest BCUT2D eigenvalue weighted by atomic mass is 19.4. The van der Waals surface area contributed by atoms with E-state index >= 15 is 8.78 Å². The highest BCUT2D eigenvalue weighted by Gasteiger charge is 2.64. The molecule has 0 spiro atoms. The van der Waals surface area contributed by atoms with Crippen molar-refractivity contribution in [2.45, 2.75) is 64.4 Å². The molecular formula is C28H32F5N3O5. The van der Waals surface area contributed by atoms with Crippen molar-refractivity contribution >= 4 is 17.7 Å². The molecule has 1 fully saturated rings. The van der Waals surface area contributed by atoms with Gasteiger partial charge in [0.25, 0.3) is 17.7 Å². The number of aliphatic hydroxyl groups is 1. The Morgan fingerprint density at radius 2 is 1.71 bits per heavy atom. The number of amides is 3. The van der Waals surface area contributed by atoms with Gasteiger partial charge in [-0.1, -0.05) is 44.2 Å². The molecule has 2 aromatic rings. The van der Waals surface area contributed by atoms with Crippen LogP contribution in [0.3, 0.4) is 0 Å². The summed E-state index contributed by atoms with van der Waals surface area (Å²) in [5.74, 6) is -7.47. The standard InChI is InChI=1S/C28H32F5N3O5/c1-15-10-18(16(2)20(37)11-15)23(39)35-19(12-17-8-6-5-7-9-17)21(38)25(41)36-14-27(29,30)26(3,4)22(36)24(40)34-13-28(31,32)33/h5-11,19,21-22,37-38H,12-14H2,1-4H3,(H,34,40)(H,35,39)/t19?,21-,22?/m0/s1. The van der Waals surface area contributed by atoms with Crippen molar-refractivity contribution in [3.8, 4) is 5.75 Å². The highest BCUT2D eigenvalue weighted by molar-refractivity contribution is 5.97. The fourth-order valence-corrected chi connectivity index (χ4v) is 4.83. The van der Waals surface area contributed by atoms with E-state index in [2.05, 4.69) is 5.32 Å². The Bertz CT molecular complexity index is 1300. The molecule has 2 unspecified atom stereocenters. The van der Waals surface area contributed by atoms with Crippen molar-refractivity contribution < 1.29 is 46.5 Å². The van der Waals surface area contributed by atoms with Crippen LogP contribution < -0.4 is 10.6 Å². The maximum atomic E-state index is 15.0. The van der Waals surface area contributed by atoms with Gasteiger partial charge in [0.05, 0.1) is 18.0 Å². The van der Waals surface area contributed by atoms with E-state index in [-0.39, 0.29) is 23.3 Å². The third-order valence-electron chi connectivity index (χ3n) is 7.32. The lowest BCUT2D eigenvalue weighted by Gasteiger charge is -2.34. The van der Waals surface area contributed by atoms with E-state index in [0.717, 1.165) is 13.8 Å². The van der Waals surface area contributed by atoms with E-state index in [1.807, 2.05) is 0 Å². The van der Waals surface area contributed by atoms with Gasteiger partial charge in [0.2, 0.25) is 5.91 Å². The van der Waals surface area contributed by atoms with Gasteiger partial charge in [-0.05, 0) is 43.5 Å². The second-order valence-corrected chi connectivity index (χ2v) is 10.8. The molecule has 0 aliphatic carbocycles. The van der Waals surface area contributed by atoms with Crippen molar-refractivity contribution in [3.63, 3.8) is 0 Å². The van der Waals surface area contributed by atoms with E-state index in [0.29, 0.717) is 16.0 Å². The van der Waals surface area contributed by atoms with Crippen LogP contribution in [-0.4, -0.2) is 76.2 Å². The molecular weight excluding hydrogens is 553 g/mol. The zero-order chi connectivity index (χ0) is 30.9. The first kappa shape index (κ1) is 31.8. The minimum absolute atomic E-state index is 0.0402. The van der Waals surface area contributed by atoms with Crippen LogP contribution in [0.2, 0.25) is 0 Å². The molecule has 41 heavy (non-hydrogen) atoms. The number of hydrogen-bond donors (Lipinski definition) is 4. The Hall–Kier alpha value is -3.74. The lowest BCUT2D eigenvalue weighted by atomic mass is 9.81. The van der Waals surface area contributed by atoms with E-state index in [1.165, 1.54) is 19.1 Å². The largest absolute Gasteiger partial charge is 0.508 e. The first-order valence-electron chi connectivity index (χ1n) is 12.7. The third kappa shape index (κ3) is 6.95. The normalized spacial score (nSPS) is 19.4. The quantitative estimate of drug-likeness (QED) is 0.355. The van der Waals surface area contributed by atoms with Crippen LogP contribution in [0.1, 0.15) is 40.9 Å². The number of halogens is 5. The highest BCUT2D eigenvalue weighted by Crippen LogP contribution is 2.48. The van der Waals surface area contributed by atoms with Crippen LogP contribution in [0.5, 0.6) is 5.75 Å². The molecule has 224 valence electrons. The number of aromatic hydroxyl groups is 1. The number of nitrogens with one attached hydrogen (secondary N) is 2. The van der Waals surface area contributed by atoms with Gasteiger partial charge in [0.15, 0.2) is 6.10 Å². The zero-order valence-electron chi connectivity index (χ0n) is 22.9. The molecule has 3 rings (SSSR count). The van der Waals surface area contributed by atoms with Crippen LogP contribution in [-0.2, 0) is 16.0 Å².